The van der Waals surface area contributed by atoms with Gasteiger partial charge in [0.15, 0.2) is 5.16 Å². The van der Waals surface area contributed by atoms with Crippen LogP contribution in [-0.2, 0) is 11.3 Å². The molecule has 0 aliphatic rings. The van der Waals surface area contributed by atoms with E-state index in [1.165, 1.54) is 18.9 Å². The van der Waals surface area contributed by atoms with Crippen LogP contribution in [0, 0.1) is 0 Å². The summed E-state index contributed by atoms with van der Waals surface area (Å²) in [6.45, 7) is 0.243. The first-order valence-corrected chi connectivity index (χ1v) is 11.7. The van der Waals surface area contributed by atoms with Gasteiger partial charge in [-0.2, -0.15) is 0 Å². The second kappa shape index (κ2) is 10.6. The van der Waals surface area contributed by atoms with Gasteiger partial charge in [-0.3, -0.25) is 14.2 Å². The van der Waals surface area contributed by atoms with Crippen LogP contribution in [0.1, 0.15) is 5.56 Å². The molecule has 0 aliphatic carbocycles. The molecule has 34 heavy (non-hydrogen) atoms. The van der Waals surface area contributed by atoms with E-state index in [-0.39, 0.29) is 23.8 Å². The van der Waals surface area contributed by atoms with E-state index in [1.807, 2.05) is 24.3 Å². The first-order chi connectivity index (χ1) is 16.5. The maximum atomic E-state index is 13.3. The number of para-hydroxylation sites is 1. The van der Waals surface area contributed by atoms with Gasteiger partial charge in [0.2, 0.25) is 5.91 Å². The fraction of sp³-hybridized carbons (Fsp3) is 0.160. The molecule has 0 radical (unpaired) electrons. The van der Waals surface area contributed by atoms with Crippen molar-refractivity contribution in [2.24, 2.45) is 0 Å². The number of benzene rings is 3. The van der Waals surface area contributed by atoms with E-state index in [1.54, 1.807) is 54.1 Å². The van der Waals surface area contributed by atoms with E-state index >= 15 is 0 Å². The number of anilines is 1. The van der Waals surface area contributed by atoms with Crippen molar-refractivity contribution in [3.05, 3.63) is 87.7 Å². The number of halogens is 1. The normalized spacial score (nSPS) is 10.8. The number of fused-ring (bicyclic) bond motifs is 1. The Morgan fingerprint density at radius 3 is 2.59 bits per heavy atom. The first kappa shape index (κ1) is 23.7. The van der Waals surface area contributed by atoms with E-state index in [0.717, 1.165) is 5.56 Å². The molecule has 7 nitrogen and oxygen atoms in total. The van der Waals surface area contributed by atoms with Crippen LogP contribution in [0.3, 0.4) is 0 Å². The number of nitrogens with one attached hydrogen (secondary N) is 1. The zero-order valence-electron chi connectivity index (χ0n) is 18.6. The fourth-order valence-electron chi connectivity index (χ4n) is 3.41. The monoisotopic (exact) mass is 495 g/mol. The third-order valence-electron chi connectivity index (χ3n) is 5.13. The Morgan fingerprint density at radius 2 is 1.82 bits per heavy atom. The number of hydrogen-bond acceptors (Lipinski definition) is 6. The van der Waals surface area contributed by atoms with Crippen LogP contribution >= 0.6 is 23.4 Å². The summed E-state index contributed by atoms with van der Waals surface area (Å²) in [5.74, 6) is 0.883. The third kappa shape index (κ3) is 5.18. The molecular weight excluding hydrogens is 474 g/mol. The largest absolute Gasteiger partial charge is 0.497 e. The van der Waals surface area contributed by atoms with Gasteiger partial charge >= 0.3 is 0 Å². The highest BCUT2D eigenvalue weighted by Crippen LogP contribution is 2.29. The number of nitrogens with zero attached hydrogens (tertiary/aromatic N) is 2. The predicted octanol–water partition coefficient (Wildman–Crippen LogP) is 4.85. The van der Waals surface area contributed by atoms with E-state index in [9.17, 15) is 9.59 Å². The topological polar surface area (TPSA) is 82.5 Å². The molecule has 0 atom stereocenters. The molecule has 0 aliphatic heterocycles. The van der Waals surface area contributed by atoms with Gasteiger partial charge in [-0.1, -0.05) is 53.7 Å². The minimum atomic E-state index is -0.264. The summed E-state index contributed by atoms with van der Waals surface area (Å²) < 4.78 is 12.1. The lowest BCUT2D eigenvalue weighted by Gasteiger charge is -2.14. The molecule has 174 valence electrons. The molecule has 1 heterocycles. The van der Waals surface area contributed by atoms with Crippen LogP contribution < -0.4 is 20.3 Å². The molecule has 4 rings (SSSR count). The lowest BCUT2D eigenvalue weighted by Crippen LogP contribution is -2.25. The highest BCUT2D eigenvalue weighted by Gasteiger charge is 2.16. The predicted molar refractivity (Wildman–Crippen MR) is 135 cm³/mol. The molecule has 1 amide bonds. The molecule has 4 aromatic rings. The summed E-state index contributed by atoms with van der Waals surface area (Å²) in [6.07, 6.45) is 0. The van der Waals surface area contributed by atoms with E-state index in [0.29, 0.717) is 38.3 Å². The van der Waals surface area contributed by atoms with Crippen molar-refractivity contribution in [2.45, 2.75) is 11.7 Å². The summed E-state index contributed by atoms with van der Waals surface area (Å²) in [7, 11) is 3.08. The molecule has 0 saturated carbocycles. The van der Waals surface area contributed by atoms with Crippen LogP contribution in [0.5, 0.6) is 11.5 Å². The number of carbonyl (C=O) groups is 1. The van der Waals surface area contributed by atoms with E-state index < -0.39 is 0 Å². The lowest BCUT2D eigenvalue weighted by atomic mass is 10.2. The summed E-state index contributed by atoms with van der Waals surface area (Å²) in [5, 5.41) is 4.33. The standard InChI is InChI=1S/C25H22ClN3O4S/c1-32-17-11-12-21(22(13-17)33-2)27-23(30)15-34-25-28-20-10-6-4-8-18(20)24(31)29(25)14-16-7-3-5-9-19(16)26/h3-13H,14-15H2,1-2H3,(H,27,30). The number of methoxy groups -OCH3 is 2. The maximum absolute atomic E-state index is 13.3. The molecule has 9 heteroatoms. The van der Waals surface area contributed by atoms with Gasteiger partial charge in [-0.15, -0.1) is 0 Å². The quantitative estimate of drug-likeness (QED) is 0.278. The Balaban J connectivity index is 1.60. The molecule has 0 bridgehead atoms. The summed E-state index contributed by atoms with van der Waals surface area (Å²) in [4.78, 5) is 30.7. The van der Waals surface area contributed by atoms with Crippen LogP contribution in [0.4, 0.5) is 5.69 Å². The molecule has 0 fully saturated rings. The molecule has 0 spiro atoms. The van der Waals surface area contributed by atoms with Crippen molar-refractivity contribution in [3.8, 4) is 11.5 Å². The van der Waals surface area contributed by atoms with E-state index in [4.69, 9.17) is 21.1 Å². The molecule has 1 N–H and O–H groups in total. The third-order valence-corrected chi connectivity index (χ3v) is 6.47. The van der Waals surface area contributed by atoms with Crippen molar-refractivity contribution in [2.75, 3.05) is 25.3 Å². The fourth-order valence-corrected chi connectivity index (χ4v) is 4.41. The SMILES string of the molecule is COc1ccc(NC(=O)CSc2nc3ccccc3c(=O)n2Cc2ccccc2Cl)c(OC)c1. The van der Waals surface area contributed by atoms with Gasteiger partial charge < -0.3 is 14.8 Å². The number of ether oxygens (including phenoxy) is 2. The molecule has 3 aromatic carbocycles. The van der Waals surface area contributed by atoms with Crippen molar-refractivity contribution in [3.63, 3.8) is 0 Å². The molecule has 0 saturated heterocycles. The lowest BCUT2D eigenvalue weighted by molar-refractivity contribution is -0.113. The smallest absolute Gasteiger partial charge is 0.262 e. The number of hydrogen-bond donors (Lipinski definition) is 1. The second-order valence-electron chi connectivity index (χ2n) is 7.30. The zero-order valence-corrected chi connectivity index (χ0v) is 20.2. The van der Waals surface area contributed by atoms with Crippen molar-refractivity contribution in [1.82, 2.24) is 9.55 Å². The molecule has 0 unspecified atom stereocenters. The Bertz CT molecular complexity index is 1410. The van der Waals surface area contributed by atoms with Crippen LogP contribution in [0.2, 0.25) is 5.02 Å². The number of aromatic nitrogens is 2. The molecular formula is C25H22ClN3O4S. The minimum absolute atomic E-state index is 0.0441. The average molecular weight is 496 g/mol. The second-order valence-corrected chi connectivity index (χ2v) is 8.65. The number of carbonyl (C=O) groups excluding carboxylic acids is 1. The minimum Gasteiger partial charge on any atom is -0.497 e. The number of thioether (sulfide) groups is 1. The van der Waals surface area contributed by atoms with Gasteiger partial charge in [-0.05, 0) is 35.9 Å². The van der Waals surface area contributed by atoms with Gasteiger partial charge in [0.25, 0.3) is 5.56 Å². The number of rotatable bonds is 8. The Hall–Kier alpha value is -3.49. The van der Waals surface area contributed by atoms with Crippen LogP contribution in [0.25, 0.3) is 10.9 Å². The summed E-state index contributed by atoms with van der Waals surface area (Å²) in [6, 6.07) is 19.6. The summed E-state index contributed by atoms with van der Waals surface area (Å²) in [5.41, 5.74) is 1.69. The Morgan fingerprint density at radius 1 is 1.06 bits per heavy atom. The highest BCUT2D eigenvalue weighted by atomic mass is 35.5. The average Bonchev–Trinajstić information content (AvgIpc) is 2.86. The van der Waals surface area contributed by atoms with Crippen molar-refractivity contribution >= 4 is 45.9 Å². The van der Waals surface area contributed by atoms with E-state index in [2.05, 4.69) is 10.3 Å². The summed E-state index contributed by atoms with van der Waals surface area (Å²) >= 11 is 7.52. The number of amides is 1. The van der Waals surface area contributed by atoms with Gasteiger partial charge in [0.05, 0.1) is 43.1 Å². The highest BCUT2D eigenvalue weighted by molar-refractivity contribution is 7.99. The van der Waals surface area contributed by atoms with Crippen molar-refractivity contribution < 1.29 is 14.3 Å². The Kier molecular flexibility index (Phi) is 7.40. The Labute approximate surface area is 205 Å². The van der Waals surface area contributed by atoms with Gasteiger partial charge in [0, 0.05) is 11.1 Å². The van der Waals surface area contributed by atoms with Crippen LogP contribution in [0.15, 0.2) is 76.7 Å². The molecule has 1 aromatic heterocycles. The zero-order chi connectivity index (χ0) is 24.1. The van der Waals surface area contributed by atoms with Gasteiger partial charge in [-0.25, -0.2) is 4.98 Å². The van der Waals surface area contributed by atoms with Crippen molar-refractivity contribution in [1.29, 1.82) is 0 Å². The maximum Gasteiger partial charge on any atom is 0.262 e. The first-order valence-electron chi connectivity index (χ1n) is 10.4. The van der Waals surface area contributed by atoms with Crippen LogP contribution in [-0.4, -0.2) is 35.4 Å². The van der Waals surface area contributed by atoms with Gasteiger partial charge in [0.1, 0.15) is 11.5 Å².